The van der Waals surface area contributed by atoms with E-state index in [-0.39, 0.29) is 0 Å². The molecule has 0 aromatic rings. The van der Waals surface area contributed by atoms with Gasteiger partial charge in [-0.25, -0.2) is 0 Å². The highest BCUT2D eigenvalue weighted by Crippen LogP contribution is 2.23. The zero-order chi connectivity index (χ0) is 10.8. The van der Waals surface area contributed by atoms with Gasteiger partial charge in [-0.1, -0.05) is 13.3 Å². The van der Waals surface area contributed by atoms with Gasteiger partial charge in [-0.15, -0.1) is 0 Å². The summed E-state index contributed by atoms with van der Waals surface area (Å²) >= 11 is 0. The van der Waals surface area contributed by atoms with Gasteiger partial charge in [-0.05, 0) is 25.7 Å². The van der Waals surface area contributed by atoms with Gasteiger partial charge in [0.05, 0.1) is 6.61 Å². The van der Waals surface area contributed by atoms with E-state index < -0.39 is 0 Å². The standard InChI is InChI=1S/C8H14O.C3H6O2/c1-2-7-3-5-8(9)6-4-7;1-2-5-3-4/h7H,2-6H2,1H3;3H,2H2,1H3. The normalized spacial score (nSPS) is 16.9. The van der Waals surface area contributed by atoms with Crippen molar-refractivity contribution in [1.82, 2.24) is 0 Å². The van der Waals surface area contributed by atoms with E-state index in [4.69, 9.17) is 0 Å². The maximum atomic E-state index is 10.7. The van der Waals surface area contributed by atoms with Crippen LogP contribution >= 0.6 is 0 Å². The Morgan fingerprint density at radius 1 is 1.36 bits per heavy atom. The van der Waals surface area contributed by atoms with Crippen LogP contribution in [0, 0.1) is 5.92 Å². The van der Waals surface area contributed by atoms with Gasteiger partial charge < -0.3 is 4.74 Å². The number of ether oxygens (including phenoxy) is 1. The minimum absolute atomic E-state index is 0.431. The number of Topliss-reactive ketones (excluding diaryl/α,β-unsaturated/α-hetero) is 1. The van der Waals surface area contributed by atoms with E-state index in [1.54, 1.807) is 6.92 Å². The zero-order valence-electron chi connectivity index (χ0n) is 9.12. The first-order valence-electron chi connectivity index (χ1n) is 5.31. The summed E-state index contributed by atoms with van der Waals surface area (Å²) in [5.74, 6) is 1.32. The Bertz CT molecular complexity index is 156. The van der Waals surface area contributed by atoms with Crippen LogP contribution < -0.4 is 0 Å². The summed E-state index contributed by atoms with van der Waals surface area (Å²) in [6.07, 6.45) is 5.24. The van der Waals surface area contributed by atoms with Gasteiger partial charge >= 0.3 is 0 Å². The van der Waals surface area contributed by atoms with Gasteiger partial charge in [0.2, 0.25) is 0 Å². The van der Waals surface area contributed by atoms with Crippen molar-refractivity contribution in [2.24, 2.45) is 5.92 Å². The highest BCUT2D eigenvalue weighted by molar-refractivity contribution is 5.78. The molecule has 0 radical (unpaired) electrons. The van der Waals surface area contributed by atoms with Crippen molar-refractivity contribution in [3.05, 3.63) is 0 Å². The maximum Gasteiger partial charge on any atom is 0.293 e. The Labute approximate surface area is 85.8 Å². The number of hydrogen-bond donors (Lipinski definition) is 0. The summed E-state index contributed by atoms with van der Waals surface area (Å²) < 4.78 is 4.15. The molecule has 0 atom stereocenters. The van der Waals surface area contributed by atoms with Crippen molar-refractivity contribution in [2.75, 3.05) is 6.61 Å². The van der Waals surface area contributed by atoms with E-state index in [0.29, 0.717) is 18.9 Å². The van der Waals surface area contributed by atoms with Crippen LogP contribution in [-0.2, 0) is 14.3 Å². The van der Waals surface area contributed by atoms with E-state index in [0.717, 1.165) is 31.6 Å². The molecular weight excluding hydrogens is 180 g/mol. The molecule has 0 heterocycles. The Balaban J connectivity index is 0.000000292. The molecule has 1 aliphatic rings. The molecule has 1 aliphatic carbocycles. The first-order chi connectivity index (χ1) is 6.74. The predicted molar refractivity (Wildman–Crippen MR) is 54.9 cm³/mol. The second-order valence-electron chi connectivity index (χ2n) is 3.44. The third-order valence-corrected chi connectivity index (χ3v) is 2.47. The average Bonchev–Trinajstić information content (AvgIpc) is 2.21. The zero-order valence-corrected chi connectivity index (χ0v) is 9.12. The molecule has 0 spiro atoms. The SMILES string of the molecule is CCC1CCC(=O)CC1.CCOC=O. The van der Waals surface area contributed by atoms with Gasteiger partial charge in [0.25, 0.3) is 6.47 Å². The van der Waals surface area contributed by atoms with E-state index in [1.807, 2.05) is 0 Å². The molecule has 1 fully saturated rings. The summed E-state index contributed by atoms with van der Waals surface area (Å²) in [7, 11) is 0. The fourth-order valence-corrected chi connectivity index (χ4v) is 1.48. The monoisotopic (exact) mass is 200 g/mol. The highest BCUT2D eigenvalue weighted by atomic mass is 16.5. The third-order valence-electron chi connectivity index (χ3n) is 2.47. The molecule has 0 saturated heterocycles. The van der Waals surface area contributed by atoms with Crippen molar-refractivity contribution in [2.45, 2.75) is 46.0 Å². The third kappa shape index (κ3) is 6.63. The molecule has 0 N–H and O–H groups in total. The molecule has 3 heteroatoms. The molecule has 0 aromatic carbocycles. The van der Waals surface area contributed by atoms with Crippen LogP contribution in [0.5, 0.6) is 0 Å². The molecule has 1 saturated carbocycles. The summed E-state index contributed by atoms with van der Waals surface area (Å²) in [4.78, 5) is 19.9. The van der Waals surface area contributed by atoms with Crippen LogP contribution in [0.3, 0.4) is 0 Å². The van der Waals surface area contributed by atoms with Gasteiger partial charge in [-0.3, -0.25) is 9.59 Å². The number of rotatable bonds is 3. The Morgan fingerprint density at radius 2 is 1.93 bits per heavy atom. The molecule has 0 amide bonds. The number of carbonyl (C=O) groups excluding carboxylic acids is 2. The second-order valence-corrected chi connectivity index (χ2v) is 3.44. The molecule has 3 nitrogen and oxygen atoms in total. The molecule has 82 valence electrons. The predicted octanol–water partition coefficient (Wildman–Crippen LogP) is 2.33. The molecule has 0 aromatic heterocycles. The minimum atomic E-state index is 0.431. The van der Waals surface area contributed by atoms with Crippen molar-refractivity contribution >= 4 is 12.3 Å². The average molecular weight is 200 g/mol. The van der Waals surface area contributed by atoms with Crippen LogP contribution in [0.4, 0.5) is 0 Å². The van der Waals surface area contributed by atoms with E-state index in [9.17, 15) is 9.59 Å². The van der Waals surface area contributed by atoms with Crippen LogP contribution in [0.25, 0.3) is 0 Å². The molecule has 0 aliphatic heterocycles. The van der Waals surface area contributed by atoms with E-state index in [1.165, 1.54) is 6.42 Å². The lowest BCUT2D eigenvalue weighted by molar-refractivity contribution is -0.128. The molecular formula is C11H20O3. The first-order valence-corrected chi connectivity index (χ1v) is 5.31. The molecule has 0 bridgehead atoms. The lowest BCUT2D eigenvalue weighted by Gasteiger charge is -2.18. The van der Waals surface area contributed by atoms with Gasteiger partial charge in [0.1, 0.15) is 5.78 Å². The van der Waals surface area contributed by atoms with Crippen molar-refractivity contribution in [3.8, 4) is 0 Å². The number of hydrogen-bond acceptors (Lipinski definition) is 3. The molecule has 0 unspecified atom stereocenters. The number of ketones is 1. The van der Waals surface area contributed by atoms with Crippen LogP contribution in [-0.4, -0.2) is 18.9 Å². The van der Waals surface area contributed by atoms with Crippen LogP contribution in [0.15, 0.2) is 0 Å². The van der Waals surface area contributed by atoms with Gasteiger partial charge in [0, 0.05) is 12.8 Å². The first kappa shape index (κ1) is 13.1. The van der Waals surface area contributed by atoms with Crippen molar-refractivity contribution in [3.63, 3.8) is 0 Å². The molecule has 14 heavy (non-hydrogen) atoms. The summed E-state index contributed by atoms with van der Waals surface area (Å²) in [5, 5.41) is 0. The van der Waals surface area contributed by atoms with Crippen LogP contribution in [0.1, 0.15) is 46.0 Å². The summed E-state index contributed by atoms with van der Waals surface area (Å²) in [6, 6.07) is 0. The van der Waals surface area contributed by atoms with Crippen molar-refractivity contribution in [1.29, 1.82) is 0 Å². The Kier molecular flexibility index (Phi) is 8.19. The highest BCUT2D eigenvalue weighted by Gasteiger charge is 2.16. The Morgan fingerprint density at radius 3 is 2.21 bits per heavy atom. The fourth-order valence-electron chi connectivity index (χ4n) is 1.48. The smallest absolute Gasteiger partial charge is 0.293 e. The van der Waals surface area contributed by atoms with Gasteiger partial charge in [-0.2, -0.15) is 0 Å². The van der Waals surface area contributed by atoms with Crippen molar-refractivity contribution < 1.29 is 14.3 Å². The topological polar surface area (TPSA) is 43.4 Å². The fraction of sp³-hybridized carbons (Fsp3) is 0.818. The summed E-state index contributed by atoms with van der Waals surface area (Å²) in [5.41, 5.74) is 0. The summed E-state index contributed by atoms with van der Waals surface area (Å²) in [6.45, 7) is 4.87. The van der Waals surface area contributed by atoms with E-state index >= 15 is 0 Å². The quantitative estimate of drug-likeness (QED) is 0.657. The van der Waals surface area contributed by atoms with Crippen LogP contribution in [0.2, 0.25) is 0 Å². The lowest BCUT2D eigenvalue weighted by Crippen LogP contribution is -2.12. The van der Waals surface area contributed by atoms with Gasteiger partial charge in [0.15, 0.2) is 0 Å². The largest absolute Gasteiger partial charge is 0.468 e. The molecule has 1 rings (SSSR count). The number of carbonyl (C=O) groups is 2. The Hall–Kier alpha value is -0.860. The second kappa shape index (κ2) is 8.73. The van der Waals surface area contributed by atoms with E-state index in [2.05, 4.69) is 11.7 Å². The maximum absolute atomic E-state index is 10.7. The lowest BCUT2D eigenvalue weighted by atomic mass is 9.87. The minimum Gasteiger partial charge on any atom is -0.468 e.